The van der Waals surface area contributed by atoms with Crippen LogP contribution in [0.25, 0.3) is 11.1 Å². The lowest BCUT2D eigenvalue weighted by molar-refractivity contribution is -0.274. The first-order valence-corrected chi connectivity index (χ1v) is 11.7. The first kappa shape index (κ1) is 22.0. The summed E-state index contributed by atoms with van der Waals surface area (Å²) < 4.78 is 43.3. The number of pyridine rings is 1. The first-order chi connectivity index (χ1) is 15.8. The number of alkyl halides is 3. The number of carbonyl (C=O) groups excluding carboxylic acids is 1. The SMILES string of the molecule is O=C(C1CCCCC1)N1C[C@@H]2C[C@H](C1)c1c(-c3ccc(OC(F)(F)F)cc3)ccc(=O)n1C2. The Morgan fingerprint density at radius 3 is 2.36 bits per heavy atom. The monoisotopic (exact) mass is 460 g/mol. The number of amides is 1. The van der Waals surface area contributed by atoms with Crippen LogP contribution in [0.5, 0.6) is 5.75 Å². The lowest BCUT2D eigenvalue weighted by Crippen LogP contribution is -2.51. The normalized spacial score (nSPS) is 23.2. The third-order valence-corrected chi connectivity index (χ3v) is 7.26. The number of likely N-dealkylation sites (tertiary alicyclic amines) is 1. The van der Waals surface area contributed by atoms with E-state index >= 15 is 0 Å². The lowest BCUT2D eigenvalue weighted by atomic mass is 9.79. The van der Waals surface area contributed by atoms with Gasteiger partial charge in [-0.05, 0) is 48.9 Å². The van der Waals surface area contributed by atoms with Gasteiger partial charge >= 0.3 is 6.36 Å². The molecule has 3 heterocycles. The molecule has 1 saturated heterocycles. The van der Waals surface area contributed by atoms with E-state index in [1.807, 2.05) is 4.90 Å². The molecule has 2 fully saturated rings. The maximum atomic E-state index is 13.2. The second-order valence-corrected chi connectivity index (χ2v) is 9.53. The molecule has 176 valence electrons. The van der Waals surface area contributed by atoms with Gasteiger partial charge < -0.3 is 14.2 Å². The zero-order chi connectivity index (χ0) is 23.2. The molecule has 8 heteroatoms. The fraction of sp³-hybridized carbons (Fsp3) is 0.520. The fourth-order valence-electron chi connectivity index (χ4n) is 5.88. The Bertz CT molecular complexity index is 1090. The summed E-state index contributed by atoms with van der Waals surface area (Å²) in [6, 6.07) is 9.01. The van der Waals surface area contributed by atoms with Crippen molar-refractivity contribution in [2.45, 2.75) is 57.3 Å². The second-order valence-electron chi connectivity index (χ2n) is 9.53. The number of fused-ring (bicyclic) bond motifs is 4. The van der Waals surface area contributed by atoms with Gasteiger partial charge in [-0.3, -0.25) is 9.59 Å². The molecule has 0 N–H and O–H groups in total. The molecule has 2 aliphatic heterocycles. The van der Waals surface area contributed by atoms with Gasteiger partial charge in [-0.1, -0.05) is 31.4 Å². The highest BCUT2D eigenvalue weighted by Crippen LogP contribution is 2.41. The van der Waals surface area contributed by atoms with E-state index in [9.17, 15) is 22.8 Å². The average Bonchev–Trinajstić information content (AvgIpc) is 2.79. The van der Waals surface area contributed by atoms with Crippen molar-refractivity contribution in [3.63, 3.8) is 0 Å². The van der Waals surface area contributed by atoms with Crippen LogP contribution in [0.4, 0.5) is 13.2 Å². The molecule has 0 radical (unpaired) electrons. The van der Waals surface area contributed by atoms with Crippen LogP contribution in [0.15, 0.2) is 41.2 Å². The van der Waals surface area contributed by atoms with Crippen molar-refractivity contribution in [3.05, 3.63) is 52.4 Å². The smallest absolute Gasteiger partial charge is 0.406 e. The van der Waals surface area contributed by atoms with Crippen LogP contribution in [-0.4, -0.2) is 34.8 Å². The van der Waals surface area contributed by atoms with Gasteiger partial charge in [0.1, 0.15) is 5.75 Å². The van der Waals surface area contributed by atoms with Crippen LogP contribution in [0, 0.1) is 11.8 Å². The Kier molecular flexibility index (Phi) is 5.70. The van der Waals surface area contributed by atoms with Crippen molar-refractivity contribution in [2.24, 2.45) is 11.8 Å². The van der Waals surface area contributed by atoms with E-state index in [1.165, 1.54) is 24.6 Å². The number of ether oxygens (including phenoxy) is 1. The van der Waals surface area contributed by atoms with Crippen molar-refractivity contribution < 1.29 is 22.7 Å². The topological polar surface area (TPSA) is 51.5 Å². The van der Waals surface area contributed by atoms with E-state index in [0.29, 0.717) is 19.6 Å². The van der Waals surface area contributed by atoms with E-state index in [2.05, 4.69) is 4.74 Å². The molecule has 33 heavy (non-hydrogen) atoms. The molecule has 1 saturated carbocycles. The molecule has 2 bridgehead atoms. The van der Waals surface area contributed by atoms with Crippen molar-refractivity contribution in [2.75, 3.05) is 13.1 Å². The van der Waals surface area contributed by atoms with Crippen LogP contribution >= 0.6 is 0 Å². The number of hydrogen-bond donors (Lipinski definition) is 0. The molecule has 1 aromatic carbocycles. The molecule has 1 aliphatic carbocycles. The molecule has 3 aliphatic rings. The van der Waals surface area contributed by atoms with Gasteiger partial charge in [0.2, 0.25) is 5.91 Å². The predicted molar refractivity (Wildman–Crippen MR) is 117 cm³/mol. The van der Waals surface area contributed by atoms with Crippen molar-refractivity contribution in [1.82, 2.24) is 9.47 Å². The number of piperidine rings is 1. The summed E-state index contributed by atoms with van der Waals surface area (Å²) in [7, 11) is 0. The van der Waals surface area contributed by atoms with Crippen LogP contribution in [-0.2, 0) is 11.3 Å². The van der Waals surface area contributed by atoms with Crippen LogP contribution in [0.1, 0.15) is 50.1 Å². The molecule has 1 aromatic heterocycles. The Morgan fingerprint density at radius 2 is 1.67 bits per heavy atom. The Balaban J connectivity index is 1.45. The molecule has 5 nitrogen and oxygen atoms in total. The third kappa shape index (κ3) is 4.52. The van der Waals surface area contributed by atoms with Crippen molar-refractivity contribution in [1.29, 1.82) is 0 Å². The highest BCUT2D eigenvalue weighted by Gasteiger charge is 2.39. The largest absolute Gasteiger partial charge is 0.573 e. The summed E-state index contributed by atoms with van der Waals surface area (Å²) in [6.45, 7) is 1.82. The maximum absolute atomic E-state index is 13.2. The van der Waals surface area contributed by atoms with Crippen LogP contribution in [0.2, 0.25) is 0 Å². The number of halogens is 3. The minimum atomic E-state index is -4.74. The summed E-state index contributed by atoms with van der Waals surface area (Å²) in [6.07, 6.45) is 1.48. The molecule has 2 atom stereocenters. The number of aromatic nitrogens is 1. The van der Waals surface area contributed by atoms with Crippen LogP contribution in [0.3, 0.4) is 0 Å². The number of benzene rings is 1. The van der Waals surface area contributed by atoms with Gasteiger partial charge in [0.25, 0.3) is 5.56 Å². The summed E-state index contributed by atoms with van der Waals surface area (Å²) >= 11 is 0. The minimum Gasteiger partial charge on any atom is -0.406 e. The van der Waals surface area contributed by atoms with E-state index in [0.717, 1.165) is 48.9 Å². The highest BCUT2D eigenvalue weighted by atomic mass is 19.4. The third-order valence-electron chi connectivity index (χ3n) is 7.26. The molecular formula is C25H27F3N2O3. The zero-order valence-corrected chi connectivity index (χ0v) is 18.3. The van der Waals surface area contributed by atoms with E-state index in [1.54, 1.807) is 22.8 Å². The number of nitrogens with zero attached hydrogens (tertiary/aromatic N) is 2. The molecule has 2 aromatic rings. The number of carbonyl (C=O) groups is 1. The minimum absolute atomic E-state index is 0.0278. The lowest BCUT2D eigenvalue weighted by Gasteiger charge is -2.44. The van der Waals surface area contributed by atoms with Crippen molar-refractivity contribution >= 4 is 5.91 Å². The molecule has 0 spiro atoms. The standard InChI is InChI=1S/C25H27F3N2O3/c26-25(27,28)33-20-8-6-17(7-9-20)21-10-11-22(31)30-14-16-12-19(23(21)30)15-29(13-16)24(32)18-4-2-1-3-5-18/h6-11,16,18-19H,1-5,12-15H2/t16-,19+/m0/s1. The Labute approximate surface area is 190 Å². The number of hydrogen-bond acceptors (Lipinski definition) is 3. The molecule has 0 unspecified atom stereocenters. The van der Waals surface area contributed by atoms with Gasteiger partial charge in [0.05, 0.1) is 0 Å². The van der Waals surface area contributed by atoms with Gasteiger partial charge in [-0.15, -0.1) is 13.2 Å². The van der Waals surface area contributed by atoms with Gasteiger partial charge in [0.15, 0.2) is 0 Å². The Morgan fingerprint density at radius 1 is 0.939 bits per heavy atom. The van der Waals surface area contributed by atoms with E-state index < -0.39 is 6.36 Å². The summed E-state index contributed by atoms with van der Waals surface area (Å²) in [5.74, 6) is 0.331. The molecular weight excluding hydrogens is 433 g/mol. The van der Waals surface area contributed by atoms with E-state index in [-0.39, 0.29) is 35.0 Å². The van der Waals surface area contributed by atoms with E-state index in [4.69, 9.17) is 0 Å². The summed E-state index contributed by atoms with van der Waals surface area (Å²) in [5, 5.41) is 0. The van der Waals surface area contributed by atoms with Crippen molar-refractivity contribution in [3.8, 4) is 16.9 Å². The molecule has 5 rings (SSSR count). The average molecular weight is 460 g/mol. The highest BCUT2D eigenvalue weighted by molar-refractivity contribution is 5.79. The molecule has 1 amide bonds. The fourth-order valence-corrected chi connectivity index (χ4v) is 5.88. The maximum Gasteiger partial charge on any atom is 0.573 e. The Hall–Kier alpha value is -2.77. The van der Waals surface area contributed by atoms with Gasteiger partial charge in [-0.25, -0.2) is 0 Å². The zero-order valence-electron chi connectivity index (χ0n) is 18.3. The summed E-state index contributed by atoms with van der Waals surface area (Å²) in [5.41, 5.74) is 2.35. The predicted octanol–water partition coefficient (Wildman–Crippen LogP) is 4.94. The number of rotatable bonds is 3. The first-order valence-electron chi connectivity index (χ1n) is 11.7. The van der Waals surface area contributed by atoms with Gasteiger partial charge in [0, 0.05) is 48.8 Å². The van der Waals surface area contributed by atoms with Crippen LogP contribution < -0.4 is 10.3 Å². The second kappa shape index (κ2) is 8.54. The quantitative estimate of drug-likeness (QED) is 0.652. The van der Waals surface area contributed by atoms with Gasteiger partial charge in [-0.2, -0.15) is 0 Å². The summed E-state index contributed by atoms with van der Waals surface area (Å²) in [4.78, 5) is 27.9.